The number of nitrogens with zero attached hydrogens (tertiary/aromatic N) is 1. The maximum Gasteiger partial charge on any atom is 0.238 e. The molecule has 1 saturated heterocycles. The fourth-order valence-electron chi connectivity index (χ4n) is 2.36. The summed E-state index contributed by atoms with van der Waals surface area (Å²) < 4.78 is 10.9. The van der Waals surface area contributed by atoms with Crippen LogP contribution < -0.4 is 15.4 Å². The molecule has 23 heavy (non-hydrogen) atoms. The fourth-order valence-corrected chi connectivity index (χ4v) is 2.36. The van der Waals surface area contributed by atoms with Gasteiger partial charge in [0, 0.05) is 31.9 Å². The molecule has 128 valence electrons. The fraction of sp³-hybridized carbons (Fsp3) is 0.588. The van der Waals surface area contributed by atoms with E-state index in [1.165, 1.54) is 0 Å². The Bertz CT molecular complexity index is 470. The summed E-state index contributed by atoms with van der Waals surface area (Å²) in [6, 6.07) is 7.43. The van der Waals surface area contributed by atoms with Gasteiger partial charge in [-0.05, 0) is 38.1 Å². The zero-order valence-electron chi connectivity index (χ0n) is 14.0. The molecule has 0 unspecified atom stereocenters. The number of amides is 1. The van der Waals surface area contributed by atoms with Gasteiger partial charge in [0.15, 0.2) is 0 Å². The number of rotatable bonds is 8. The maximum absolute atomic E-state index is 11.9. The third kappa shape index (κ3) is 6.99. The average molecular weight is 321 g/mol. The Balaban J connectivity index is 1.62. The van der Waals surface area contributed by atoms with Gasteiger partial charge in [0.05, 0.1) is 25.9 Å². The van der Waals surface area contributed by atoms with Gasteiger partial charge >= 0.3 is 0 Å². The van der Waals surface area contributed by atoms with Crippen LogP contribution in [-0.4, -0.2) is 62.8 Å². The molecular weight excluding hydrogens is 294 g/mol. The van der Waals surface area contributed by atoms with Crippen molar-refractivity contribution in [2.45, 2.75) is 20.0 Å². The summed E-state index contributed by atoms with van der Waals surface area (Å²) in [4.78, 5) is 14.2. The summed E-state index contributed by atoms with van der Waals surface area (Å²) in [6.07, 6.45) is 0.145. The molecule has 0 radical (unpaired) electrons. The molecule has 6 nitrogen and oxygen atoms in total. The van der Waals surface area contributed by atoms with E-state index in [4.69, 9.17) is 9.47 Å². The van der Waals surface area contributed by atoms with E-state index in [0.29, 0.717) is 6.54 Å². The normalized spacial score (nSPS) is 15.6. The molecule has 1 heterocycles. The highest BCUT2D eigenvalue weighted by Crippen LogP contribution is 2.16. The highest BCUT2D eigenvalue weighted by Gasteiger charge is 2.09. The van der Waals surface area contributed by atoms with Gasteiger partial charge < -0.3 is 20.1 Å². The van der Waals surface area contributed by atoms with E-state index in [9.17, 15) is 4.79 Å². The number of nitrogens with one attached hydrogen (secondary N) is 2. The first-order valence-corrected chi connectivity index (χ1v) is 8.21. The second-order valence-electron chi connectivity index (χ2n) is 5.87. The van der Waals surface area contributed by atoms with Crippen molar-refractivity contribution in [2.75, 3.05) is 51.3 Å². The minimum Gasteiger partial charge on any atom is -0.491 e. The van der Waals surface area contributed by atoms with Crippen molar-refractivity contribution < 1.29 is 14.3 Å². The van der Waals surface area contributed by atoms with Crippen molar-refractivity contribution >= 4 is 11.6 Å². The lowest BCUT2D eigenvalue weighted by Gasteiger charge is -2.26. The van der Waals surface area contributed by atoms with E-state index in [1.54, 1.807) is 0 Å². The average Bonchev–Trinajstić information content (AvgIpc) is 2.54. The first-order valence-electron chi connectivity index (χ1n) is 8.21. The lowest BCUT2D eigenvalue weighted by atomic mass is 10.3. The van der Waals surface area contributed by atoms with Crippen LogP contribution in [0.4, 0.5) is 5.69 Å². The van der Waals surface area contributed by atoms with Crippen LogP contribution >= 0.6 is 0 Å². The largest absolute Gasteiger partial charge is 0.491 e. The number of benzene rings is 1. The molecule has 2 N–H and O–H groups in total. The molecule has 1 aliphatic heterocycles. The van der Waals surface area contributed by atoms with Gasteiger partial charge in [0.2, 0.25) is 5.91 Å². The van der Waals surface area contributed by atoms with Gasteiger partial charge in [-0.15, -0.1) is 0 Å². The molecule has 0 atom stereocenters. The van der Waals surface area contributed by atoms with Crippen LogP contribution in [0.5, 0.6) is 5.75 Å². The molecule has 1 aromatic carbocycles. The van der Waals surface area contributed by atoms with E-state index in [-0.39, 0.29) is 12.0 Å². The monoisotopic (exact) mass is 321 g/mol. The minimum absolute atomic E-state index is 0.0375. The molecule has 1 amide bonds. The zero-order valence-corrected chi connectivity index (χ0v) is 14.0. The van der Waals surface area contributed by atoms with E-state index >= 15 is 0 Å². The van der Waals surface area contributed by atoms with Gasteiger partial charge in [-0.3, -0.25) is 9.69 Å². The van der Waals surface area contributed by atoms with Gasteiger partial charge in [-0.2, -0.15) is 0 Å². The van der Waals surface area contributed by atoms with Crippen molar-refractivity contribution in [1.29, 1.82) is 0 Å². The summed E-state index contributed by atoms with van der Waals surface area (Å²) in [5, 5.41) is 6.04. The lowest BCUT2D eigenvalue weighted by Crippen LogP contribution is -2.41. The second kappa shape index (κ2) is 9.50. The molecule has 1 aliphatic rings. The molecule has 0 aromatic heterocycles. The molecule has 6 heteroatoms. The van der Waals surface area contributed by atoms with Crippen LogP contribution in [0.25, 0.3) is 0 Å². The van der Waals surface area contributed by atoms with Crippen LogP contribution in [0.1, 0.15) is 13.8 Å². The Kier molecular flexibility index (Phi) is 7.32. The summed E-state index contributed by atoms with van der Waals surface area (Å²) >= 11 is 0. The number of carbonyl (C=O) groups is 1. The summed E-state index contributed by atoms with van der Waals surface area (Å²) in [6.45, 7) is 9.57. The summed E-state index contributed by atoms with van der Waals surface area (Å²) in [5.74, 6) is 0.770. The van der Waals surface area contributed by atoms with Gasteiger partial charge in [-0.25, -0.2) is 0 Å². The molecule has 1 aromatic rings. The van der Waals surface area contributed by atoms with Crippen molar-refractivity contribution in [1.82, 2.24) is 10.2 Å². The minimum atomic E-state index is -0.0375. The number of carbonyl (C=O) groups excluding carboxylic acids is 1. The SMILES string of the molecule is CC(C)Oc1ccc(NC(=O)CNCCN2CCOCC2)cc1. The highest BCUT2D eigenvalue weighted by atomic mass is 16.5. The summed E-state index contributed by atoms with van der Waals surface area (Å²) in [5.41, 5.74) is 0.779. The third-order valence-corrected chi connectivity index (χ3v) is 3.50. The lowest BCUT2D eigenvalue weighted by molar-refractivity contribution is -0.115. The third-order valence-electron chi connectivity index (χ3n) is 3.50. The quantitative estimate of drug-likeness (QED) is 0.708. The standard InChI is InChI=1S/C17H27N3O3/c1-14(2)23-16-5-3-15(4-6-16)19-17(21)13-18-7-8-20-9-11-22-12-10-20/h3-6,14,18H,7-13H2,1-2H3,(H,19,21). The zero-order chi connectivity index (χ0) is 16.5. The Morgan fingerprint density at radius 1 is 1.26 bits per heavy atom. The Labute approximate surface area is 138 Å². The molecular formula is C17H27N3O3. The molecule has 0 bridgehead atoms. The molecule has 0 saturated carbocycles. The Morgan fingerprint density at radius 3 is 2.61 bits per heavy atom. The predicted molar refractivity (Wildman–Crippen MR) is 91.0 cm³/mol. The van der Waals surface area contributed by atoms with Crippen LogP contribution in [0, 0.1) is 0 Å². The van der Waals surface area contributed by atoms with Gasteiger partial charge in [-0.1, -0.05) is 0 Å². The van der Waals surface area contributed by atoms with Gasteiger partial charge in [0.1, 0.15) is 5.75 Å². The number of morpholine rings is 1. The number of anilines is 1. The Hall–Kier alpha value is -1.63. The molecule has 2 rings (SSSR count). The number of ether oxygens (including phenoxy) is 2. The number of hydrogen-bond donors (Lipinski definition) is 2. The predicted octanol–water partition coefficient (Wildman–Crippen LogP) is 1.33. The van der Waals surface area contributed by atoms with E-state index in [0.717, 1.165) is 50.8 Å². The smallest absolute Gasteiger partial charge is 0.238 e. The summed E-state index contributed by atoms with van der Waals surface area (Å²) in [7, 11) is 0. The van der Waals surface area contributed by atoms with Crippen LogP contribution in [0.3, 0.4) is 0 Å². The topological polar surface area (TPSA) is 62.8 Å². The van der Waals surface area contributed by atoms with Crippen molar-refractivity contribution in [3.8, 4) is 5.75 Å². The number of hydrogen-bond acceptors (Lipinski definition) is 5. The maximum atomic E-state index is 11.9. The van der Waals surface area contributed by atoms with Crippen LogP contribution in [0.15, 0.2) is 24.3 Å². The van der Waals surface area contributed by atoms with Crippen molar-refractivity contribution in [3.63, 3.8) is 0 Å². The van der Waals surface area contributed by atoms with Crippen molar-refractivity contribution in [3.05, 3.63) is 24.3 Å². The molecule has 1 fully saturated rings. The van der Waals surface area contributed by atoms with E-state index in [1.807, 2.05) is 38.1 Å². The first kappa shape index (κ1) is 17.7. The van der Waals surface area contributed by atoms with Crippen molar-refractivity contribution in [2.24, 2.45) is 0 Å². The van der Waals surface area contributed by atoms with Gasteiger partial charge in [0.25, 0.3) is 0 Å². The van der Waals surface area contributed by atoms with E-state index in [2.05, 4.69) is 15.5 Å². The van der Waals surface area contributed by atoms with Crippen LogP contribution in [-0.2, 0) is 9.53 Å². The molecule has 0 spiro atoms. The molecule has 0 aliphatic carbocycles. The van der Waals surface area contributed by atoms with Crippen LogP contribution in [0.2, 0.25) is 0 Å². The van der Waals surface area contributed by atoms with E-state index < -0.39 is 0 Å². The second-order valence-corrected chi connectivity index (χ2v) is 5.87. The Morgan fingerprint density at radius 2 is 1.96 bits per heavy atom. The first-order chi connectivity index (χ1) is 11.1. The highest BCUT2D eigenvalue weighted by molar-refractivity contribution is 5.92.